The topological polar surface area (TPSA) is 116 Å². The smallest absolute Gasteiger partial charge is 0.338 e. The van der Waals surface area contributed by atoms with Crippen LogP contribution in [-0.4, -0.2) is 42.3 Å². The summed E-state index contributed by atoms with van der Waals surface area (Å²) in [5.41, 5.74) is -0.00132. The molecule has 0 saturated heterocycles. The summed E-state index contributed by atoms with van der Waals surface area (Å²) in [5.74, 6) is -1.89. The molecule has 0 bridgehead atoms. The van der Waals surface area contributed by atoms with Crippen molar-refractivity contribution in [3.63, 3.8) is 0 Å². The maximum atomic E-state index is 11.4. The van der Waals surface area contributed by atoms with Crippen LogP contribution < -0.4 is 0 Å². The number of benzene rings is 1. The number of nitro benzene ring substituents is 1. The number of carbonyl (C=O) groups excluding carboxylic acids is 1. The average Bonchev–Trinajstić information content (AvgIpc) is 2.95. The highest BCUT2D eigenvalue weighted by atomic mass is 16.6. The first-order chi connectivity index (χ1) is 9.95. The zero-order valence-electron chi connectivity index (χ0n) is 11.0. The van der Waals surface area contributed by atoms with Crippen LogP contribution in [-0.2, 0) is 14.3 Å². The minimum absolute atomic E-state index is 0.0179. The number of carbonyl (C=O) groups is 2. The Bertz CT molecular complexity index is 662. The Morgan fingerprint density at radius 1 is 1.38 bits per heavy atom. The molecule has 8 heteroatoms. The fraction of sp³-hybridized carbons (Fsp3) is 0.231. The third kappa shape index (κ3) is 2.75. The largest absolute Gasteiger partial charge is 0.478 e. The van der Waals surface area contributed by atoms with E-state index < -0.39 is 16.9 Å². The second-order valence-electron chi connectivity index (χ2n) is 4.24. The van der Waals surface area contributed by atoms with E-state index in [9.17, 15) is 19.7 Å². The summed E-state index contributed by atoms with van der Waals surface area (Å²) in [7, 11) is 1.16. The van der Waals surface area contributed by atoms with Crippen LogP contribution in [0.25, 0.3) is 5.57 Å². The van der Waals surface area contributed by atoms with Gasteiger partial charge in [0.15, 0.2) is 0 Å². The number of carboxylic acids is 1. The van der Waals surface area contributed by atoms with Crippen molar-refractivity contribution in [1.29, 1.82) is 0 Å². The van der Waals surface area contributed by atoms with E-state index in [1.54, 1.807) is 0 Å². The van der Waals surface area contributed by atoms with Gasteiger partial charge in [-0.1, -0.05) is 0 Å². The maximum absolute atomic E-state index is 11.4. The van der Waals surface area contributed by atoms with Gasteiger partial charge in [-0.25, -0.2) is 9.59 Å². The number of hydrogen-bond donors (Lipinski definition) is 1. The molecule has 1 N–H and O–H groups in total. The molecule has 1 aliphatic rings. The SMILES string of the molecule is COC(=O)c1ccc(C2=C(C(=O)O)COC2)c([N+](=O)[O-])c1. The Balaban J connectivity index is 2.59. The van der Waals surface area contributed by atoms with Crippen molar-refractivity contribution >= 4 is 23.2 Å². The Morgan fingerprint density at radius 3 is 2.67 bits per heavy atom. The number of carboxylic acid groups (broad SMARTS) is 1. The normalized spacial score (nSPS) is 14.1. The number of nitro groups is 1. The second-order valence-corrected chi connectivity index (χ2v) is 4.24. The quantitative estimate of drug-likeness (QED) is 0.504. The van der Waals surface area contributed by atoms with Crippen molar-refractivity contribution in [2.75, 3.05) is 20.3 Å². The van der Waals surface area contributed by atoms with Gasteiger partial charge in [-0.05, 0) is 12.1 Å². The Hall–Kier alpha value is -2.74. The average molecular weight is 293 g/mol. The monoisotopic (exact) mass is 293 g/mol. The molecule has 0 spiro atoms. The molecule has 1 aliphatic heterocycles. The van der Waals surface area contributed by atoms with Gasteiger partial charge in [-0.3, -0.25) is 10.1 Å². The molecule has 0 fully saturated rings. The van der Waals surface area contributed by atoms with E-state index in [2.05, 4.69) is 4.74 Å². The Labute approximate surface area is 118 Å². The number of esters is 1. The van der Waals surface area contributed by atoms with E-state index >= 15 is 0 Å². The summed E-state index contributed by atoms with van der Waals surface area (Å²) in [6.07, 6.45) is 0. The van der Waals surface area contributed by atoms with E-state index in [4.69, 9.17) is 9.84 Å². The fourth-order valence-electron chi connectivity index (χ4n) is 2.04. The van der Waals surface area contributed by atoms with Gasteiger partial charge in [0.1, 0.15) is 0 Å². The third-order valence-electron chi connectivity index (χ3n) is 3.06. The van der Waals surface area contributed by atoms with Crippen LogP contribution in [0.15, 0.2) is 23.8 Å². The number of rotatable bonds is 4. The highest BCUT2D eigenvalue weighted by molar-refractivity contribution is 6.00. The van der Waals surface area contributed by atoms with Crippen molar-refractivity contribution in [2.45, 2.75) is 0 Å². The summed E-state index contributed by atoms with van der Waals surface area (Å²) >= 11 is 0. The van der Waals surface area contributed by atoms with Gasteiger partial charge < -0.3 is 14.6 Å². The zero-order chi connectivity index (χ0) is 15.6. The van der Waals surface area contributed by atoms with Crippen LogP contribution in [0.5, 0.6) is 0 Å². The van der Waals surface area contributed by atoms with E-state index in [1.807, 2.05) is 0 Å². The Kier molecular flexibility index (Phi) is 3.99. The molecular weight excluding hydrogens is 282 g/mol. The first kappa shape index (κ1) is 14.7. The van der Waals surface area contributed by atoms with E-state index in [0.717, 1.165) is 13.2 Å². The molecule has 0 saturated carbocycles. The lowest BCUT2D eigenvalue weighted by Crippen LogP contribution is -2.06. The van der Waals surface area contributed by atoms with Gasteiger partial charge in [-0.2, -0.15) is 0 Å². The molecule has 0 aromatic heterocycles. The highest BCUT2D eigenvalue weighted by Crippen LogP contribution is 2.32. The van der Waals surface area contributed by atoms with Gasteiger partial charge in [0, 0.05) is 11.6 Å². The number of hydrogen-bond acceptors (Lipinski definition) is 6. The minimum Gasteiger partial charge on any atom is -0.478 e. The van der Waals surface area contributed by atoms with Crippen molar-refractivity contribution in [2.24, 2.45) is 0 Å². The predicted molar refractivity (Wildman–Crippen MR) is 69.8 cm³/mol. The van der Waals surface area contributed by atoms with Crippen molar-refractivity contribution in [3.05, 3.63) is 45.0 Å². The number of nitrogens with zero attached hydrogens (tertiary/aromatic N) is 1. The molecule has 0 aliphatic carbocycles. The predicted octanol–water partition coefficient (Wildman–Crippen LogP) is 1.25. The maximum Gasteiger partial charge on any atom is 0.338 e. The zero-order valence-corrected chi connectivity index (χ0v) is 11.0. The highest BCUT2D eigenvalue weighted by Gasteiger charge is 2.28. The molecule has 0 atom stereocenters. The van der Waals surface area contributed by atoms with Crippen LogP contribution in [0, 0.1) is 10.1 Å². The van der Waals surface area contributed by atoms with Gasteiger partial charge in [-0.15, -0.1) is 0 Å². The fourth-order valence-corrected chi connectivity index (χ4v) is 2.04. The molecule has 1 heterocycles. The van der Waals surface area contributed by atoms with Crippen LogP contribution in [0.2, 0.25) is 0 Å². The number of aliphatic carboxylic acids is 1. The van der Waals surface area contributed by atoms with Crippen molar-refractivity contribution < 1.29 is 29.1 Å². The summed E-state index contributed by atoms with van der Waals surface area (Å²) in [4.78, 5) is 33.0. The molecule has 110 valence electrons. The number of methoxy groups -OCH3 is 1. The van der Waals surface area contributed by atoms with Gasteiger partial charge in [0.2, 0.25) is 0 Å². The molecule has 0 amide bonds. The molecule has 0 unspecified atom stereocenters. The Morgan fingerprint density at radius 2 is 2.10 bits per heavy atom. The van der Waals surface area contributed by atoms with Crippen LogP contribution >= 0.6 is 0 Å². The van der Waals surface area contributed by atoms with Gasteiger partial charge >= 0.3 is 11.9 Å². The lowest BCUT2D eigenvalue weighted by atomic mass is 9.99. The summed E-state index contributed by atoms with van der Waals surface area (Å²) in [6.45, 7) is -0.138. The van der Waals surface area contributed by atoms with Crippen molar-refractivity contribution in [3.8, 4) is 0 Å². The molecule has 0 radical (unpaired) electrons. The molecule has 1 aromatic rings. The lowest BCUT2D eigenvalue weighted by Gasteiger charge is -2.06. The van der Waals surface area contributed by atoms with E-state index in [0.29, 0.717) is 0 Å². The van der Waals surface area contributed by atoms with E-state index in [1.165, 1.54) is 12.1 Å². The lowest BCUT2D eigenvalue weighted by molar-refractivity contribution is -0.385. The van der Waals surface area contributed by atoms with Crippen LogP contribution in [0.4, 0.5) is 5.69 Å². The molecule has 2 rings (SSSR count). The van der Waals surface area contributed by atoms with E-state index in [-0.39, 0.29) is 41.2 Å². The molecular formula is C13H11NO7. The first-order valence-electron chi connectivity index (χ1n) is 5.86. The standard InChI is InChI=1S/C13H11NO7/c1-20-13(17)7-2-3-8(11(4-7)14(18)19)9-5-21-6-10(9)12(15)16/h2-4H,5-6H2,1H3,(H,15,16). The summed E-state index contributed by atoms with van der Waals surface area (Å²) in [6, 6.07) is 3.74. The van der Waals surface area contributed by atoms with Crippen LogP contribution in [0.1, 0.15) is 15.9 Å². The minimum atomic E-state index is -1.19. The van der Waals surface area contributed by atoms with Crippen LogP contribution in [0.3, 0.4) is 0 Å². The second kappa shape index (κ2) is 5.71. The molecule has 1 aromatic carbocycles. The number of ether oxygens (including phenoxy) is 2. The molecule has 8 nitrogen and oxygen atoms in total. The molecule has 21 heavy (non-hydrogen) atoms. The van der Waals surface area contributed by atoms with Gasteiger partial charge in [0.25, 0.3) is 5.69 Å². The van der Waals surface area contributed by atoms with Crippen molar-refractivity contribution in [1.82, 2.24) is 0 Å². The summed E-state index contributed by atoms with van der Waals surface area (Å²) < 4.78 is 9.55. The third-order valence-corrected chi connectivity index (χ3v) is 3.06. The summed E-state index contributed by atoms with van der Waals surface area (Å²) in [5, 5.41) is 20.2. The first-order valence-corrected chi connectivity index (χ1v) is 5.86. The van der Waals surface area contributed by atoms with Gasteiger partial charge in [0.05, 0.1) is 41.9 Å².